The summed E-state index contributed by atoms with van der Waals surface area (Å²) in [4.78, 5) is 12.4. The molecule has 5 heteroatoms. The number of nitrogens with one attached hydrogen (secondary N) is 2. The minimum Gasteiger partial charge on any atom is -0.494 e. The maximum atomic E-state index is 12.4. The van der Waals surface area contributed by atoms with Crippen LogP contribution in [-0.2, 0) is 4.79 Å². The van der Waals surface area contributed by atoms with E-state index < -0.39 is 5.91 Å². The van der Waals surface area contributed by atoms with Gasteiger partial charge in [-0.05, 0) is 48.7 Å². The fourth-order valence-electron chi connectivity index (χ4n) is 2.42. The molecule has 0 spiro atoms. The summed E-state index contributed by atoms with van der Waals surface area (Å²) in [6.07, 6.45) is 1.41. The SMILES string of the molecule is CCOc1ccc(N/C=C(/C#N)C(=O)Nc2ccccc2C(C)C)cc1. The van der Waals surface area contributed by atoms with Crippen molar-refractivity contribution in [3.63, 3.8) is 0 Å². The summed E-state index contributed by atoms with van der Waals surface area (Å²) >= 11 is 0. The molecule has 2 aromatic rings. The summed E-state index contributed by atoms with van der Waals surface area (Å²) in [6, 6.07) is 16.8. The predicted octanol–water partition coefficient (Wildman–Crippen LogP) is 4.67. The predicted molar refractivity (Wildman–Crippen MR) is 104 cm³/mol. The van der Waals surface area contributed by atoms with Gasteiger partial charge in [0.25, 0.3) is 5.91 Å². The van der Waals surface area contributed by atoms with Crippen LogP contribution < -0.4 is 15.4 Å². The molecule has 2 N–H and O–H groups in total. The van der Waals surface area contributed by atoms with Gasteiger partial charge in [-0.25, -0.2) is 0 Å². The average molecular weight is 349 g/mol. The Morgan fingerprint density at radius 3 is 2.50 bits per heavy atom. The smallest absolute Gasteiger partial charge is 0.267 e. The quantitative estimate of drug-likeness (QED) is 0.563. The molecule has 5 nitrogen and oxygen atoms in total. The number of nitriles is 1. The third kappa shape index (κ3) is 5.12. The Bertz CT molecular complexity index is 818. The molecule has 0 fully saturated rings. The zero-order valence-corrected chi connectivity index (χ0v) is 15.2. The van der Waals surface area contributed by atoms with Gasteiger partial charge in [-0.15, -0.1) is 0 Å². The van der Waals surface area contributed by atoms with Crippen molar-refractivity contribution in [3.05, 3.63) is 65.9 Å². The van der Waals surface area contributed by atoms with Crippen molar-refractivity contribution in [2.24, 2.45) is 0 Å². The third-order valence-electron chi connectivity index (χ3n) is 3.74. The Morgan fingerprint density at radius 2 is 1.88 bits per heavy atom. The van der Waals surface area contributed by atoms with E-state index >= 15 is 0 Å². The number of carbonyl (C=O) groups excluding carboxylic acids is 1. The molecule has 0 aliphatic rings. The summed E-state index contributed by atoms with van der Waals surface area (Å²) in [5, 5.41) is 15.1. The normalized spacial score (nSPS) is 11.0. The van der Waals surface area contributed by atoms with Gasteiger partial charge < -0.3 is 15.4 Å². The first-order chi connectivity index (χ1) is 12.5. The molecule has 1 amide bonds. The maximum absolute atomic E-state index is 12.4. The van der Waals surface area contributed by atoms with Crippen LogP contribution >= 0.6 is 0 Å². The number of para-hydroxylation sites is 1. The molecule has 0 aliphatic heterocycles. The van der Waals surface area contributed by atoms with Gasteiger partial charge in [-0.1, -0.05) is 32.0 Å². The number of anilines is 2. The van der Waals surface area contributed by atoms with Gasteiger partial charge in [-0.2, -0.15) is 5.26 Å². The van der Waals surface area contributed by atoms with Crippen molar-refractivity contribution >= 4 is 17.3 Å². The summed E-state index contributed by atoms with van der Waals surface area (Å²) < 4.78 is 5.38. The molecule has 0 atom stereocenters. The van der Waals surface area contributed by atoms with Crippen molar-refractivity contribution in [3.8, 4) is 11.8 Å². The third-order valence-corrected chi connectivity index (χ3v) is 3.74. The number of rotatable bonds is 7. The zero-order valence-electron chi connectivity index (χ0n) is 15.2. The standard InChI is InChI=1S/C21H23N3O2/c1-4-26-18-11-9-17(10-12-18)23-14-16(13-22)21(25)24-20-8-6-5-7-19(20)15(2)3/h5-12,14-15,23H,4H2,1-3H3,(H,24,25)/b16-14-. The molecule has 0 saturated carbocycles. The van der Waals surface area contributed by atoms with E-state index in [9.17, 15) is 10.1 Å². The van der Waals surface area contributed by atoms with Crippen LogP contribution in [0, 0.1) is 11.3 Å². The zero-order chi connectivity index (χ0) is 18.9. The first-order valence-corrected chi connectivity index (χ1v) is 8.55. The van der Waals surface area contributed by atoms with Crippen LogP contribution in [-0.4, -0.2) is 12.5 Å². The van der Waals surface area contributed by atoms with Gasteiger partial charge in [0.2, 0.25) is 0 Å². The van der Waals surface area contributed by atoms with Crippen LogP contribution in [0.15, 0.2) is 60.3 Å². The molecule has 0 heterocycles. The first kappa shape index (κ1) is 19.1. The Kier molecular flexibility index (Phi) is 6.81. The lowest BCUT2D eigenvalue weighted by molar-refractivity contribution is -0.112. The van der Waals surface area contributed by atoms with E-state index in [0.29, 0.717) is 6.61 Å². The average Bonchev–Trinajstić information content (AvgIpc) is 2.64. The highest BCUT2D eigenvalue weighted by Crippen LogP contribution is 2.24. The van der Waals surface area contributed by atoms with Crippen molar-refractivity contribution in [2.75, 3.05) is 17.2 Å². The second kappa shape index (κ2) is 9.28. The molecule has 26 heavy (non-hydrogen) atoms. The van der Waals surface area contributed by atoms with Crippen molar-refractivity contribution in [2.45, 2.75) is 26.7 Å². The van der Waals surface area contributed by atoms with E-state index in [0.717, 1.165) is 22.7 Å². The molecule has 0 unspecified atom stereocenters. The van der Waals surface area contributed by atoms with Gasteiger partial charge in [0, 0.05) is 17.6 Å². The number of ether oxygens (including phenoxy) is 1. The topological polar surface area (TPSA) is 74.1 Å². The van der Waals surface area contributed by atoms with E-state index in [2.05, 4.69) is 24.5 Å². The highest BCUT2D eigenvalue weighted by atomic mass is 16.5. The largest absolute Gasteiger partial charge is 0.494 e. The van der Waals surface area contributed by atoms with Crippen molar-refractivity contribution in [1.29, 1.82) is 5.26 Å². The Hall–Kier alpha value is -3.26. The molecule has 0 saturated heterocycles. The fraction of sp³-hybridized carbons (Fsp3) is 0.238. The van der Waals surface area contributed by atoms with Gasteiger partial charge in [0.15, 0.2) is 0 Å². The molecule has 2 rings (SSSR count). The second-order valence-corrected chi connectivity index (χ2v) is 5.97. The number of nitrogens with zero attached hydrogens (tertiary/aromatic N) is 1. The van der Waals surface area contributed by atoms with Crippen LogP contribution in [0.1, 0.15) is 32.3 Å². The number of hydrogen-bond donors (Lipinski definition) is 2. The van der Waals surface area contributed by atoms with Crippen molar-refractivity contribution < 1.29 is 9.53 Å². The van der Waals surface area contributed by atoms with Crippen molar-refractivity contribution in [1.82, 2.24) is 0 Å². The Balaban J connectivity index is 2.09. The molecular formula is C21H23N3O2. The number of hydrogen-bond acceptors (Lipinski definition) is 4. The summed E-state index contributed by atoms with van der Waals surface area (Å²) in [7, 11) is 0. The number of carbonyl (C=O) groups is 1. The van der Waals surface area contributed by atoms with Crippen LogP contribution in [0.2, 0.25) is 0 Å². The number of benzene rings is 2. The second-order valence-electron chi connectivity index (χ2n) is 5.97. The van der Waals surface area contributed by atoms with Crippen LogP contribution in [0.3, 0.4) is 0 Å². The lowest BCUT2D eigenvalue weighted by atomic mass is 10.0. The molecule has 0 aromatic heterocycles. The lowest BCUT2D eigenvalue weighted by Crippen LogP contribution is -2.16. The van der Waals surface area contributed by atoms with E-state index in [-0.39, 0.29) is 11.5 Å². The molecule has 0 radical (unpaired) electrons. The van der Waals surface area contributed by atoms with Gasteiger partial charge in [0.05, 0.1) is 6.61 Å². The molecule has 134 valence electrons. The van der Waals surface area contributed by atoms with E-state index in [1.54, 1.807) is 0 Å². The minimum absolute atomic E-state index is 0.00237. The first-order valence-electron chi connectivity index (χ1n) is 8.55. The number of amides is 1. The van der Waals surface area contributed by atoms with Gasteiger partial charge in [-0.3, -0.25) is 4.79 Å². The van der Waals surface area contributed by atoms with Crippen LogP contribution in [0.5, 0.6) is 5.75 Å². The maximum Gasteiger partial charge on any atom is 0.267 e. The Labute approximate surface area is 154 Å². The van der Waals surface area contributed by atoms with Crippen LogP contribution in [0.4, 0.5) is 11.4 Å². The summed E-state index contributed by atoms with van der Waals surface area (Å²) in [6.45, 7) is 6.63. The van der Waals surface area contributed by atoms with Gasteiger partial charge in [0.1, 0.15) is 17.4 Å². The molecule has 0 bridgehead atoms. The van der Waals surface area contributed by atoms with Gasteiger partial charge >= 0.3 is 0 Å². The highest BCUT2D eigenvalue weighted by molar-refractivity contribution is 6.07. The molecule has 0 aliphatic carbocycles. The molecule has 2 aromatic carbocycles. The highest BCUT2D eigenvalue weighted by Gasteiger charge is 2.13. The molecular weight excluding hydrogens is 326 g/mol. The monoisotopic (exact) mass is 349 g/mol. The lowest BCUT2D eigenvalue weighted by Gasteiger charge is -2.13. The summed E-state index contributed by atoms with van der Waals surface area (Å²) in [5.41, 5.74) is 2.50. The summed E-state index contributed by atoms with van der Waals surface area (Å²) in [5.74, 6) is 0.590. The minimum atomic E-state index is -0.445. The van der Waals surface area contributed by atoms with E-state index in [4.69, 9.17) is 4.74 Å². The Morgan fingerprint density at radius 1 is 1.19 bits per heavy atom. The van der Waals surface area contributed by atoms with E-state index in [1.807, 2.05) is 61.5 Å². The van der Waals surface area contributed by atoms with E-state index in [1.165, 1.54) is 6.20 Å². The fourth-order valence-corrected chi connectivity index (χ4v) is 2.42. The van der Waals surface area contributed by atoms with Crippen LogP contribution in [0.25, 0.3) is 0 Å².